The summed E-state index contributed by atoms with van der Waals surface area (Å²) >= 11 is 1.60. The summed E-state index contributed by atoms with van der Waals surface area (Å²) in [5, 5.41) is 4.24. The number of fused-ring (bicyclic) bond motifs is 1. The topological polar surface area (TPSA) is 55.6 Å². The number of hydrazone groups is 1. The second-order valence-electron chi connectivity index (χ2n) is 8.19. The first-order chi connectivity index (χ1) is 15.0. The Hall–Kier alpha value is -2.86. The third-order valence-corrected chi connectivity index (χ3v) is 7.03. The number of nitrogens with one attached hydrogen (secondary N) is 1. The minimum absolute atomic E-state index is 0.136. The first-order valence-corrected chi connectivity index (χ1v) is 11.6. The molecule has 0 bridgehead atoms. The predicted octanol–water partition coefficient (Wildman–Crippen LogP) is 5.44. The molecule has 0 saturated heterocycles. The predicted molar refractivity (Wildman–Crippen MR) is 127 cm³/mol. The van der Waals surface area contributed by atoms with Crippen LogP contribution in [0.2, 0.25) is 0 Å². The summed E-state index contributed by atoms with van der Waals surface area (Å²) in [5.74, 6) is 1.42. The zero-order valence-electron chi connectivity index (χ0n) is 18.6. The molecule has 1 N–H and O–H groups in total. The molecule has 4 rings (SSSR count). The molecule has 1 amide bonds. The van der Waals surface area contributed by atoms with E-state index in [1.807, 2.05) is 37.3 Å². The Morgan fingerprint density at radius 3 is 2.81 bits per heavy atom. The summed E-state index contributed by atoms with van der Waals surface area (Å²) in [4.78, 5) is 14.7. The fourth-order valence-electron chi connectivity index (χ4n) is 4.21. The van der Waals surface area contributed by atoms with Crippen LogP contribution in [0.15, 0.2) is 41.5 Å². The SMILES string of the molecule is CCOc1ccc(-n2c(C)cc(/C=N\NC(=O)c3cc4c(s3)CC[C@@H](C)C4)c2C)cc1. The number of rotatable bonds is 6. The van der Waals surface area contributed by atoms with E-state index in [2.05, 4.69) is 41.9 Å². The molecule has 0 spiro atoms. The van der Waals surface area contributed by atoms with Crippen molar-refractivity contribution in [2.24, 2.45) is 11.0 Å². The van der Waals surface area contributed by atoms with Gasteiger partial charge in [-0.3, -0.25) is 4.79 Å². The zero-order chi connectivity index (χ0) is 22.0. The van der Waals surface area contributed by atoms with Gasteiger partial charge >= 0.3 is 0 Å². The molecule has 1 atom stereocenters. The third-order valence-electron chi connectivity index (χ3n) is 5.80. The summed E-state index contributed by atoms with van der Waals surface area (Å²) in [5.41, 5.74) is 8.25. The van der Waals surface area contributed by atoms with Crippen LogP contribution in [0.5, 0.6) is 5.75 Å². The average molecular weight is 436 g/mol. The normalized spacial score (nSPS) is 15.8. The van der Waals surface area contributed by atoms with Crippen molar-refractivity contribution in [3.63, 3.8) is 0 Å². The number of carbonyl (C=O) groups excluding carboxylic acids is 1. The van der Waals surface area contributed by atoms with E-state index < -0.39 is 0 Å². The van der Waals surface area contributed by atoms with E-state index >= 15 is 0 Å². The van der Waals surface area contributed by atoms with Gasteiger partial charge in [-0.05, 0) is 87.9 Å². The number of hydrogen-bond donors (Lipinski definition) is 1. The lowest BCUT2D eigenvalue weighted by molar-refractivity contribution is 0.0959. The van der Waals surface area contributed by atoms with Crippen LogP contribution in [0, 0.1) is 19.8 Å². The lowest BCUT2D eigenvalue weighted by Crippen LogP contribution is -2.16. The van der Waals surface area contributed by atoms with Crippen LogP contribution in [-0.4, -0.2) is 23.3 Å². The Bertz CT molecular complexity index is 1110. The van der Waals surface area contributed by atoms with Gasteiger partial charge in [-0.1, -0.05) is 6.92 Å². The average Bonchev–Trinajstić information content (AvgIpc) is 3.29. The molecule has 5 nitrogen and oxygen atoms in total. The number of ether oxygens (including phenoxy) is 1. The highest BCUT2D eigenvalue weighted by atomic mass is 32.1. The minimum Gasteiger partial charge on any atom is -0.494 e. The van der Waals surface area contributed by atoms with Crippen LogP contribution < -0.4 is 10.2 Å². The summed E-state index contributed by atoms with van der Waals surface area (Å²) in [6.07, 6.45) is 5.08. The van der Waals surface area contributed by atoms with Crippen molar-refractivity contribution in [3.05, 3.63) is 68.7 Å². The minimum atomic E-state index is -0.136. The van der Waals surface area contributed by atoms with Crippen molar-refractivity contribution in [3.8, 4) is 11.4 Å². The van der Waals surface area contributed by atoms with Crippen LogP contribution in [0.3, 0.4) is 0 Å². The fraction of sp³-hybridized carbons (Fsp3) is 0.360. The highest BCUT2D eigenvalue weighted by Crippen LogP contribution is 2.32. The van der Waals surface area contributed by atoms with Crippen molar-refractivity contribution in [1.29, 1.82) is 0 Å². The van der Waals surface area contributed by atoms with Gasteiger partial charge in [-0.25, -0.2) is 5.43 Å². The monoisotopic (exact) mass is 435 g/mol. The Balaban J connectivity index is 1.46. The van der Waals surface area contributed by atoms with Crippen LogP contribution in [0.25, 0.3) is 5.69 Å². The van der Waals surface area contributed by atoms with E-state index in [1.54, 1.807) is 17.6 Å². The van der Waals surface area contributed by atoms with Crippen LogP contribution in [0.4, 0.5) is 0 Å². The van der Waals surface area contributed by atoms with Crippen molar-refractivity contribution in [2.75, 3.05) is 6.61 Å². The van der Waals surface area contributed by atoms with Gasteiger partial charge in [0, 0.05) is 27.5 Å². The van der Waals surface area contributed by atoms with E-state index in [0.717, 1.165) is 46.1 Å². The van der Waals surface area contributed by atoms with Crippen LogP contribution in [-0.2, 0) is 12.8 Å². The van der Waals surface area contributed by atoms with E-state index in [0.29, 0.717) is 12.5 Å². The number of carbonyl (C=O) groups is 1. The van der Waals surface area contributed by atoms with Crippen molar-refractivity contribution >= 4 is 23.5 Å². The van der Waals surface area contributed by atoms with Crippen molar-refractivity contribution in [2.45, 2.75) is 47.0 Å². The molecule has 6 heteroatoms. The summed E-state index contributed by atoms with van der Waals surface area (Å²) in [7, 11) is 0. The zero-order valence-corrected chi connectivity index (χ0v) is 19.4. The molecule has 0 fully saturated rings. The maximum atomic E-state index is 12.6. The Morgan fingerprint density at radius 2 is 2.06 bits per heavy atom. The van der Waals surface area contributed by atoms with Crippen molar-refractivity contribution < 1.29 is 9.53 Å². The first-order valence-electron chi connectivity index (χ1n) is 10.8. The first kappa shape index (κ1) is 21.4. The van der Waals surface area contributed by atoms with E-state index in [4.69, 9.17) is 4.74 Å². The molecule has 0 saturated carbocycles. The Morgan fingerprint density at radius 1 is 1.29 bits per heavy atom. The third kappa shape index (κ3) is 4.59. The molecule has 0 aliphatic heterocycles. The van der Waals surface area contributed by atoms with Gasteiger partial charge in [0.2, 0.25) is 0 Å². The molecule has 2 heterocycles. The quantitative estimate of drug-likeness (QED) is 0.414. The highest BCUT2D eigenvalue weighted by Gasteiger charge is 2.20. The molecular formula is C25H29N3O2S. The molecule has 0 unspecified atom stereocenters. The number of benzene rings is 1. The van der Waals surface area contributed by atoms with E-state index in [9.17, 15) is 4.79 Å². The number of aryl methyl sites for hydroxylation is 2. The molecule has 1 aliphatic rings. The van der Waals surface area contributed by atoms with Gasteiger partial charge in [0.05, 0.1) is 17.7 Å². The van der Waals surface area contributed by atoms with Crippen LogP contribution >= 0.6 is 11.3 Å². The second kappa shape index (κ2) is 9.10. The number of thiophene rings is 1. The summed E-state index contributed by atoms with van der Waals surface area (Å²) < 4.78 is 7.71. The number of amides is 1. The maximum absolute atomic E-state index is 12.6. The molecular weight excluding hydrogens is 406 g/mol. The lowest BCUT2D eigenvalue weighted by Gasteiger charge is -2.16. The smallest absolute Gasteiger partial charge is 0.281 e. The van der Waals surface area contributed by atoms with Gasteiger partial charge in [0.15, 0.2) is 0 Å². The van der Waals surface area contributed by atoms with Gasteiger partial charge in [-0.15, -0.1) is 11.3 Å². The number of hydrogen-bond acceptors (Lipinski definition) is 4. The molecule has 1 aliphatic carbocycles. The van der Waals surface area contributed by atoms with Gasteiger partial charge in [0.1, 0.15) is 5.75 Å². The van der Waals surface area contributed by atoms with Crippen molar-refractivity contribution in [1.82, 2.24) is 9.99 Å². The molecule has 31 heavy (non-hydrogen) atoms. The standard InChI is InChI=1S/C25H29N3O2S/c1-5-30-22-9-7-21(8-10-22)28-17(3)13-20(18(28)4)15-26-27-25(29)24-14-19-12-16(2)6-11-23(19)31-24/h7-10,13-16H,5-6,11-12H2,1-4H3,(H,27,29)/b26-15-/t16-/m1/s1. The molecule has 0 radical (unpaired) electrons. The Kier molecular flexibility index (Phi) is 6.28. The summed E-state index contributed by atoms with van der Waals surface area (Å²) in [6.45, 7) is 9.03. The fourth-order valence-corrected chi connectivity index (χ4v) is 5.31. The molecule has 1 aromatic carbocycles. The summed E-state index contributed by atoms with van der Waals surface area (Å²) in [6, 6.07) is 12.2. The largest absolute Gasteiger partial charge is 0.494 e. The number of aromatic nitrogens is 1. The van der Waals surface area contributed by atoms with E-state index in [1.165, 1.54) is 16.9 Å². The van der Waals surface area contributed by atoms with Gasteiger partial charge < -0.3 is 9.30 Å². The molecule has 3 aromatic rings. The molecule has 162 valence electrons. The lowest BCUT2D eigenvalue weighted by atomic mass is 9.90. The van der Waals surface area contributed by atoms with Gasteiger partial charge in [0.25, 0.3) is 5.91 Å². The second-order valence-corrected chi connectivity index (χ2v) is 9.33. The maximum Gasteiger partial charge on any atom is 0.281 e. The van der Waals surface area contributed by atoms with E-state index in [-0.39, 0.29) is 5.91 Å². The number of nitrogens with zero attached hydrogens (tertiary/aromatic N) is 2. The Labute approximate surface area is 187 Å². The molecule has 2 aromatic heterocycles. The highest BCUT2D eigenvalue weighted by molar-refractivity contribution is 7.14. The van der Waals surface area contributed by atoms with Gasteiger partial charge in [-0.2, -0.15) is 5.10 Å². The van der Waals surface area contributed by atoms with Crippen LogP contribution in [0.1, 0.15) is 57.3 Å².